The van der Waals surface area contributed by atoms with Crippen molar-refractivity contribution in [2.75, 3.05) is 12.4 Å². The van der Waals surface area contributed by atoms with E-state index in [1.807, 2.05) is 13.8 Å². The zero-order valence-corrected chi connectivity index (χ0v) is 9.53. The van der Waals surface area contributed by atoms with Crippen LogP contribution < -0.4 is 5.32 Å². The van der Waals surface area contributed by atoms with E-state index in [2.05, 4.69) is 12.2 Å². The van der Waals surface area contributed by atoms with E-state index in [1.165, 1.54) is 0 Å². The average molecular weight is 206 g/mol. The Hall–Kier alpha value is -0.240. The van der Waals surface area contributed by atoms with Gasteiger partial charge in [-0.25, -0.2) is 0 Å². The first kappa shape index (κ1) is 12.8. The zero-order valence-electron chi connectivity index (χ0n) is 8.77. The minimum Gasteiger partial charge on any atom is -0.356 e. The fourth-order valence-electron chi connectivity index (χ4n) is 0.923. The number of alkyl halides is 1. The second-order valence-electron chi connectivity index (χ2n) is 3.64. The molecule has 0 rings (SSSR count). The highest BCUT2D eigenvalue weighted by atomic mass is 35.5. The van der Waals surface area contributed by atoms with Gasteiger partial charge in [0.05, 0.1) is 0 Å². The molecule has 0 radical (unpaired) electrons. The minimum absolute atomic E-state index is 0.128. The van der Waals surface area contributed by atoms with Crippen molar-refractivity contribution in [3.05, 3.63) is 0 Å². The summed E-state index contributed by atoms with van der Waals surface area (Å²) in [5.74, 6) is 1.43. The summed E-state index contributed by atoms with van der Waals surface area (Å²) in [7, 11) is 0. The summed E-state index contributed by atoms with van der Waals surface area (Å²) in [4.78, 5) is 11.3. The maximum Gasteiger partial charge on any atom is 0.222 e. The molecule has 78 valence electrons. The van der Waals surface area contributed by atoms with Gasteiger partial charge in [-0.1, -0.05) is 20.8 Å². The lowest BCUT2D eigenvalue weighted by atomic mass is 10.1. The van der Waals surface area contributed by atoms with Crippen LogP contribution in [0.15, 0.2) is 0 Å². The molecule has 0 saturated carbocycles. The summed E-state index contributed by atoms with van der Waals surface area (Å²) in [6.07, 6.45) is 1.86. The van der Waals surface area contributed by atoms with E-state index in [9.17, 15) is 4.79 Å². The molecule has 2 unspecified atom stereocenters. The van der Waals surface area contributed by atoms with Crippen molar-refractivity contribution in [3.8, 4) is 0 Å². The highest BCUT2D eigenvalue weighted by molar-refractivity contribution is 6.17. The van der Waals surface area contributed by atoms with E-state index < -0.39 is 0 Å². The van der Waals surface area contributed by atoms with Crippen molar-refractivity contribution in [2.45, 2.75) is 33.6 Å². The van der Waals surface area contributed by atoms with Crippen LogP contribution in [-0.4, -0.2) is 18.3 Å². The summed E-state index contributed by atoms with van der Waals surface area (Å²) < 4.78 is 0. The molecule has 0 bridgehead atoms. The Balaban J connectivity index is 3.57. The molecule has 1 N–H and O–H groups in total. The standard InChI is InChI=1S/C10H20ClNO/c1-4-9(3)10(13)12-7-8(2)5-6-11/h8-9H,4-7H2,1-3H3,(H,12,13). The number of carbonyl (C=O) groups excluding carboxylic acids is 1. The maximum absolute atomic E-state index is 11.3. The van der Waals surface area contributed by atoms with Gasteiger partial charge < -0.3 is 5.32 Å². The molecular weight excluding hydrogens is 186 g/mol. The van der Waals surface area contributed by atoms with Crippen molar-refractivity contribution >= 4 is 17.5 Å². The first-order valence-corrected chi connectivity index (χ1v) is 5.48. The van der Waals surface area contributed by atoms with Crippen molar-refractivity contribution in [2.24, 2.45) is 11.8 Å². The van der Waals surface area contributed by atoms with Crippen molar-refractivity contribution < 1.29 is 4.79 Å². The number of carbonyl (C=O) groups is 1. The molecule has 2 nitrogen and oxygen atoms in total. The van der Waals surface area contributed by atoms with Gasteiger partial charge in [0.15, 0.2) is 0 Å². The molecule has 0 spiro atoms. The Kier molecular flexibility index (Phi) is 7.06. The van der Waals surface area contributed by atoms with E-state index in [0.29, 0.717) is 11.8 Å². The summed E-state index contributed by atoms with van der Waals surface area (Å²) in [6.45, 7) is 6.81. The molecule has 3 heteroatoms. The number of halogens is 1. The largest absolute Gasteiger partial charge is 0.356 e. The lowest BCUT2D eigenvalue weighted by molar-refractivity contribution is -0.124. The molecule has 0 aliphatic heterocycles. The molecule has 1 amide bonds. The maximum atomic E-state index is 11.3. The monoisotopic (exact) mass is 205 g/mol. The average Bonchev–Trinajstić information content (AvgIpc) is 2.13. The van der Waals surface area contributed by atoms with Crippen LogP contribution in [0.4, 0.5) is 0 Å². The van der Waals surface area contributed by atoms with Gasteiger partial charge >= 0.3 is 0 Å². The zero-order chi connectivity index (χ0) is 10.3. The second-order valence-corrected chi connectivity index (χ2v) is 4.02. The first-order chi connectivity index (χ1) is 6.11. The predicted molar refractivity (Wildman–Crippen MR) is 57.0 cm³/mol. The fraction of sp³-hybridized carbons (Fsp3) is 0.900. The number of hydrogen-bond donors (Lipinski definition) is 1. The second kappa shape index (κ2) is 7.19. The van der Waals surface area contributed by atoms with E-state index in [1.54, 1.807) is 0 Å². The molecule has 0 saturated heterocycles. The molecule has 0 aromatic carbocycles. The molecule has 0 fully saturated rings. The lowest BCUT2D eigenvalue weighted by Crippen LogP contribution is -2.32. The lowest BCUT2D eigenvalue weighted by Gasteiger charge is -2.13. The quantitative estimate of drug-likeness (QED) is 0.663. The van der Waals surface area contributed by atoms with Crippen LogP contribution in [0.5, 0.6) is 0 Å². The first-order valence-electron chi connectivity index (χ1n) is 4.95. The third-order valence-electron chi connectivity index (χ3n) is 2.29. The third-order valence-corrected chi connectivity index (χ3v) is 2.50. The van der Waals surface area contributed by atoms with Crippen molar-refractivity contribution in [1.29, 1.82) is 0 Å². The van der Waals surface area contributed by atoms with Crippen molar-refractivity contribution in [1.82, 2.24) is 5.32 Å². The Morgan fingerprint density at radius 2 is 2.08 bits per heavy atom. The summed E-state index contributed by atoms with van der Waals surface area (Å²) in [5, 5.41) is 2.92. The molecule has 0 aliphatic rings. The normalized spacial score (nSPS) is 15.1. The fourth-order valence-corrected chi connectivity index (χ4v) is 1.30. The third kappa shape index (κ3) is 5.92. The van der Waals surface area contributed by atoms with Gasteiger partial charge in [0.25, 0.3) is 0 Å². The topological polar surface area (TPSA) is 29.1 Å². The Morgan fingerprint density at radius 3 is 2.54 bits per heavy atom. The molecular formula is C10H20ClNO. The Labute approximate surface area is 86.0 Å². The summed E-state index contributed by atoms with van der Waals surface area (Å²) in [5.41, 5.74) is 0. The number of hydrogen-bond acceptors (Lipinski definition) is 1. The number of nitrogens with one attached hydrogen (secondary N) is 1. The van der Waals surface area contributed by atoms with Gasteiger partial charge in [-0.2, -0.15) is 0 Å². The number of amides is 1. The van der Waals surface area contributed by atoms with E-state index in [4.69, 9.17) is 11.6 Å². The van der Waals surface area contributed by atoms with Gasteiger partial charge in [0.2, 0.25) is 5.91 Å². The smallest absolute Gasteiger partial charge is 0.222 e. The van der Waals surface area contributed by atoms with Gasteiger partial charge in [-0.05, 0) is 18.8 Å². The van der Waals surface area contributed by atoms with Crippen LogP contribution in [0.2, 0.25) is 0 Å². The van der Waals surface area contributed by atoms with E-state index >= 15 is 0 Å². The van der Waals surface area contributed by atoms with Gasteiger partial charge in [0.1, 0.15) is 0 Å². The molecule has 0 aliphatic carbocycles. The van der Waals surface area contributed by atoms with Crippen LogP contribution >= 0.6 is 11.6 Å². The predicted octanol–water partition coefficient (Wildman–Crippen LogP) is 2.41. The van der Waals surface area contributed by atoms with Crippen LogP contribution in [0.1, 0.15) is 33.6 Å². The molecule has 13 heavy (non-hydrogen) atoms. The van der Waals surface area contributed by atoms with Crippen LogP contribution in [0.25, 0.3) is 0 Å². The molecule has 0 aromatic heterocycles. The molecule has 0 heterocycles. The van der Waals surface area contributed by atoms with Gasteiger partial charge in [-0.3, -0.25) is 4.79 Å². The molecule has 0 aromatic rings. The highest BCUT2D eigenvalue weighted by Gasteiger charge is 2.10. The van der Waals surface area contributed by atoms with E-state index in [-0.39, 0.29) is 11.8 Å². The Morgan fingerprint density at radius 1 is 1.46 bits per heavy atom. The minimum atomic E-state index is 0.128. The van der Waals surface area contributed by atoms with Crippen molar-refractivity contribution in [3.63, 3.8) is 0 Å². The SMILES string of the molecule is CCC(C)C(=O)NCC(C)CCCl. The molecule has 2 atom stereocenters. The van der Waals surface area contributed by atoms with E-state index in [0.717, 1.165) is 19.4 Å². The van der Waals surface area contributed by atoms with Gasteiger partial charge in [-0.15, -0.1) is 11.6 Å². The Bertz CT molecular complexity index is 150. The van der Waals surface area contributed by atoms with Crippen LogP contribution in [-0.2, 0) is 4.79 Å². The summed E-state index contributed by atoms with van der Waals surface area (Å²) in [6, 6.07) is 0. The van der Waals surface area contributed by atoms with Crippen LogP contribution in [0.3, 0.4) is 0 Å². The summed E-state index contributed by atoms with van der Waals surface area (Å²) >= 11 is 5.59. The highest BCUT2D eigenvalue weighted by Crippen LogP contribution is 2.03. The van der Waals surface area contributed by atoms with Gasteiger partial charge in [0, 0.05) is 18.3 Å². The van der Waals surface area contributed by atoms with Crippen LogP contribution in [0, 0.1) is 11.8 Å². The number of rotatable bonds is 6.